The van der Waals surface area contributed by atoms with Gasteiger partial charge in [0.15, 0.2) is 0 Å². The average molecular weight is 339 g/mol. The second kappa shape index (κ2) is 9.47. The third-order valence-corrected chi connectivity index (χ3v) is 4.57. The minimum absolute atomic E-state index is 0.145. The standard InChI is InChI=1S/C17H25NO4S/c1-3-5-6-7-8-9-11-14-15(18-17(19)4-2)12-10-13-16(14)23(20,21)22/h4,10,12-13H,2-3,5-9,11H2,1H3,(H,18,19)(H,20,21,22). The Hall–Kier alpha value is -1.66. The van der Waals surface area contributed by atoms with Gasteiger partial charge in [0.25, 0.3) is 10.1 Å². The van der Waals surface area contributed by atoms with Gasteiger partial charge in [-0.15, -0.1) is 0 Å². The van der Waals surface area contributed by atoms with Crippen LogP contribution in [0.2, 0.25) is 0 Å². The van der Waals surface area contributed by atoms with Gasteiger partial charge in [0.2, 0.25) is 5.91 Å². The number of anilines is 1. The first-order chi connectivity index (χ1) is 10.9. The summed E-state index contributed by atoms with van der Waals surface area (Å²) in [5, 5.41) is 2.60. The fraction of sp³-hybridized carbons (Fsp3) is 0.471. The highest BCUT2D eigenvalue weighted by Crippen LogP contribution is 2.26. The summed E-state index contributed by atoms with van der Waals surface area (Å²) in [6, 6.07) is 4.47. The number of carbonyl (C=O) groups excluding carboxylic acids is 1. The fourth-order valence-electron chi connectivity index (χ4n) is 2.45. The smallest absolute Gasteiger partial charge is 0.294 e. The molecular formula is C17H25NO4S. The highest BCUT2D eigenvalue weighted by molar-refractivity contribution is 7.85. The predicted octanol–water partition coefficient (Wildman–Crippen LogP) is 3.96. The SMILES string of the molecule is C=CC(=O)Nc1cccc(S(=O)(=O)O)c1CCCCCCCC. The van der Waals surface area contributed by atoms with Gasteiger partial charge >= 0.3 is 0 Å². The van der Waals surface area contributed by atoms with Crippen LogP contribution in [0.1, 0.15) is 51.0 Å². The maximum absolute atomic E-state index is 11.6. The lowest BCUT2D eigenvalue weighted by atomic mass is 10.0. The molecule has 0 saturated carbocycles. The van der Waals surface area contributed by atoms with Crippen molar-refractivity contribution in [2.24, 2.45) is 0 Å². The van der Waals surface area contributed by atoms with Crippen molar-refractivity contribution in [3.63, 3.8) is 0 Å². The van der Waals surface area contributed by atoms with E-state index in [4.69, 9.17) is 0 Å². The van der Waals surface area contributed by atoms with Crippen LogP contribution in [0.4, 0.5) is 5.69 Å². The summed E-state index contributed by atoms with van der Waals surface area (Å²) in [7, 11) is -4.33. The topological polar surface area (TPSA) is 83.5 Å². The summed E-state index contributed by atoms with van der Waals surface area (Å²) in [6.07, 6.45) is 8.00. The van der Waals surface area contributed by atoms with E-state index < -0.39 is 16.0 Å². The van der Waals surface area contributed by atoms with Crippen molar-refractivity contribution in [1.29, 1.82) is 0 Å². The van der Waals surface area contributed by atoms with E-state index in [1.165, 1.54) is 25.0 Å². The molecule has 0 atom stereocenters. The van der Waals surface area contributed by atoms with Gasteiger partial charge in [-0.1, -0.05) is 51.7 Å². The molecule has 5 nitrogen and oxygen atoms in total. The van der Waals surface area contributed by atoms with Gasteiger partial charge in [-0.2, -0.15) is 8.42 Å². The number of benzene rings is 1. The lowest BCUT2D eigenvalue weighted by Crippen LogP contribution is -2.12. The molecule has 2 N–H and O–H groups in total. The Morgan fingerprint density at radius 3 is 2.48 bits per heavy atom. The Bertz CT molecular complexity index is 638. The van der Waals surface area contributed by atoms with Crippen molar-refractivity contribution in [2.75, 3.05) is 5.32 Å². The van der Waals surface area contributed by atoms with E-state index in [1.54, 1.807) is 6.07 Å². The van der Waals surface area contributed by atoms with E-state index in [1.807, 2.05) is 0 Å². The Balaban J connectivity index is 2.90. The van der Waals surface area contributed by atoms with Crippen molar-refractivity contribution in [3.05, 3.63) is 36.4 Å². The third kappa shape index (κ3) is 6.54. The molecule has 1 rings (SSSR count). The highest BCUT2D eigenvalue weighted by Gasteiger charge is 2.18. The molecule has 0 aliphatic rings. The van der Waals surface area contributed by atoms with Gasteiger partial charge in [0.05, 0.1) is 4.90 Å². The Morgan fingerprint density at radius 2 is 1.87 bits per heavy atom. The normalized spacial score (nSPS) is 11.2. The van der Waals surface area contributed by atoms with E-state index in [-0.39, 0.29) is 4.90 Å². The molecule has 0 heterocycles. The molecule has 1 amide bonds. The van der Waals surface area contributed by atoms with E-state index in [2.05, 4.69) is 18.8 Å². The second-order valence-electron chi connectivity index (χ2n) is 5.47. The molecule has 23 heavy (non-hydrogen) atoms. The average Bonchev–Trinajstić information content (AvgIpc) is 2.50. The van der Waals surface area contributed by atoms with Crippen LogP contribution in [0.25, 0.3) is 0 Å². The summed E-state index contributed by atoms with van der Waals surface area (Å²) in [5.74, 6) is -0.415. The van der Waals surface area contributed by atoms with Crippen LogP contribution < -0.4 is 5.32 Å². The lowest BCUT2D eigenvalue weighted by molar-refractivity contribution is -0.111. The highest BCUT2D eigenvalue weighted by atomic mass is 32.2. The molecule has 1 aromatic carbocycles. The van der Waals surface area contributed by atoms with Crippen LogP contribution in [0.3, 0.4) is 0 Å². The van der Waals surface area contributed by atoms with Crippen LogP contribution in [-0.4, -0.2) is 18.9 Å². The van der Waals surface area contributed by atoms with Crippen molar-refractivity contribution < 1.29 is 17.8 Å². The molecule has 0 saturated heterocycles. The fourth-order valence-corrected chi connectivity index (χ4v) is 3.22. The molecule has 6 heteroatoms. The Labute approximate surface area is 138 Å². The molecule has 1 aromatic rings. The van der Waals surface area contributed by atoms with Crippen molar-refractivity contribution >= 4 is 21.7 Å². The van der Waals surface area contributed by atoms with Crippen molar-refractivity contribution in [1.82, 2.24) is 0 Å². The monoisotopic (exact) mass is 339 g/mol. The van der Waals surface area contributed by atoms with Gasteiger partial charge in [-0.3, -0.25) is 9.35 Å². The maximum Gasteiger partial charge on any atom is 0.294 e. The number of rotatable bonds is 10. The summed E-state index contributed by atoms with van der Waals surface area (Å²) < 4.78 is 32.5. The molecule has 0 aromatic heterocycles. The molecule has 0 radical (unpaired) electrons. The summed E-state index contributed by atoms with van der Waals surface area (Å²) >= 11 is 0. The van der Waals surface area contributed by atoms with E-state index in [0.29, 0.717) is 17.7 Å². The molecule has 0 unspecified atom stereocenters. The van der Waals surface area contributed by atoms with E-state index >= 15 is 0 Å². The molecule has 0 aliphatic heterocycles. The predicted molar refractivity (Wildman–Crippen MR) is 92.2 cm³/mol. The van der Waals surface area contributed by atoms with Gasteiger partial charge < -0.3 is 5.32 Å². The third-order valence-electron chi connectivity index (χ3n) is 3.63. The van der Waals surface area contributed by atoms with Gasteiger partial charge in [-0.05, 0) is 36.6 Å². The first kappa shape index (κ1) is 19.4. The number of unbranched alkanes of at least 4 members (excludes halogenated alkanes) is 5. The van der Waals surface area contributed by atoms with Gasteiger partial charge in [0, 0.05) is 5.69 Å². The quantitative estimate of drug-likeness (QED) is 0.384. The summed E-state index contributed by atoms with van der Waals surface area (Å²) in [6.45, 7) is 5.53. The van der Waals surface area contributed by atoms with Gasteiger partial charge in [-0.25, -0.2) is 0 Å². The number of hydrogen-bond acceptors (Lipinski definition) is 3. The first-order valence-electron chi connectivity index (χ1n) is 7.93. The molecular weight excluding hydrogens is 314 g/mol. The van der Waals surface area contributed by atoms with E-state index in [0.717, 1.165) is 31.8 Å². The van der Waals surface area contributed by atoms with Crippen molar-refractivity contribution in [3.8, 4) is 0 Å². The Kier molecular flexibility index (Phi) is 7.98. The minimum atomic E-state index is -4.33. The summed E-state index contributed by atoms with van der Waals surface area (Å²) in [5.41, 5.74) is 0.847. The zero-order valence-electron chi connectivity index (χ0n) is 13.5. The van der Waals surface area contributed by atoms with Crippen LogP contribution in [-0.2, 0) is 21.3 Å². The molecule has 0 aliphatic carbocycles. The zero-order valence-corrected chi connectivity index (χ0v) is 14.4. The number of hydrogen-bond donors (Lipinski definition) is 2. The number of amides is 1. The van der Waals surface area contributed by atoms with E-state index in [9.17, 15) is 17.8 Å². The number of carbonyl (C=O) groups is 1. The van der Waals surface area contributed by atoms with Crippen LogP contribution in [0.15, 0.2) is 35.7 Å². The minimum Gasteiger partial charge on any atom is -0.322 e. The first-order valence-corrected chi connectivity index (χ1v) is 9.37. The molecule has 0 fully saturated rings. The van der Waals surface area contributed by atoms with Crippen LogP contribution in [0, 0.1) is 0 Å². The Morgan fingerprint density at radius 1 is 1.22 bits per heavy atom. The lowest BCUT2D eigenvalue weighted by Gasteiger charge is -2.13. The molecule has 128 valence electrons. The summed E-state index contributed by atoms with van der Waals surface area (Å²) in [4.78, 5) is 11.4. The number of nitrogens with one attached hydrogen (secondary N) is 1. The molecule has 0 bridgehead atoms. The molecule has 0 spiro atoms. The second-order valence-corrected chi connectivity index (χ2v) is 6.86. The van der Waals surface area contributed by atoms with Crippen molar-refractivity contribution in [2.45, 2.75) is 56.8 Å². The largest absolute Gasteiger partial charge is 0.322 e. The van der Waals surface area contributed by atoms with Crippen LogP contribution in [0.5, 0.6) is 0 Å². The van der Waals surface area contributed by atoms with Gasteiger partial charge in [0.1, 0.15) is 0 Å². The zero-order chi connectivity index (χ0) is 17.3. The van der Waals surface area contributed by atoms with Crippen LogP contribution >= 0.6 is 0 Å². The maximum atomic E-state index is 11.6.